The number of aromatic nitrogens is 2. The molecule has 2 aromatic carbocycles. The van der Waals surface area contributed by atoms with Crippen molar-refractivity contribution in [3.63, 3.8) is 0 Å². The van der Waals surface area contributed by atoms with Crippen LogP contribution >= 0.6 is 0 Å². The van der Waals surface area contributed by atoms with Gasteiger partial charge in [-0.05, 0) is 60.7 Å². The quantitative estimate of drug-likeness (QED) is 0.590. The number of hydrogen-bond acceptors (Lipinski definition) is 3. The third-order valence-electron chi connectivity index (χ3n) is 5.18. The summed E-state index contributed by atoms with van der Waals surface area (Å²) < 4.78 is 5.69. The van der Waals surface area contributed by atoms with Gasteiger partial charge < -0.3 is 10.1 Å². The van der Waals surface area contributed by atoms with E-state index in [9.17, 15) is 4.79 Å². The minimum absolute atomic E-state index is 0.0648. The van der Waals surface area contributed by atoms with E-state index in [1.807, 2.05) is 36.4 Å². The zero-order valence-electron chi connectivity index (χ0n) is 16.1. The summed E-state index contributed by atoms with van der Waals surface area (Å²) in [4.78, 5) is 12.7. The zero-order chi connectivity index (χ0) is 19.3. The third kappa shape index (κ3) is 3.93. The number of hydrogen-bond donors (Lipinski definition) is 2. The lowest BCUT2D eigenvalue weighted by Crippen LogP contribution is -2.27. The number of benzene rings is 2. The number of carbonyl (C=O) groups is 1. The molecule has 5 nitrogen and oxygen atoms in total. The van der Waals surface area contributed by atoms with Gasteiger partial charge in [0.05, 0.1) is 18.3 Å². The molecule has 0 fully saturated rings. The van der Waals surface area contributed by atoms with Crippen molar-refractivity contribution >= 4 is 5.91 Å². The Kier molecular flexibility index (Phi) is 5.42. The molecule has 0 bridgehead atoms. The summed E-state index contributed by atoms with van der Waals surface area (Å²) in [7, 11) is 0. The van der Waals surface area contributed by atoms with E-state index in [1.54, 1.807) is 6.07 Å². The zero-order valence-corrected chi connectivity index (χ0v) is 16.1. The first-order valence-corrected chi connectivity index (χ1v) is 9.92. The van der Waals surface area contributed by atoms with E-state index in [4.69, 9.17) is 4.74 Å². The summed E-state index contributed by atoms with van der Waals surface area (Å²) in [6, 6.07) is 18.0. The Balaban J connectivity index is 1.41. The molecule has 0 radical (unpaired) electrons. The molecule has 4 rings (SSSR count). The van der Waals surface area contributed by atoms with Crippen LogP contribution in [0.2, 0.25) is 0 Å². The molecule has 3 aromatic rings. The van der Waals surface area contributed by atoms with Crippen molar-refractivity contribution in [2.75, 3.05) is 6.61 Å². The number of rotatable bonds is 7. The normalized spacial score (nSPS) is 15.2. The molecule has 0 aliphatic heterocycles. The molecule has 28 heavy (non-hydrogen) atoms. The van der Waals surface area contributed by atoms with Crippen molar-refractivity contribution in [1.82, 2.24) is 15.5 Å². The fourth-order valence-electron chi connectivity index (χ4n) is 3.59. The minimum atomic E-state index is -0.125. The smallest absolute Gasteiger partial charge is 0.269 e. The summed E-state index contributed by atoms with van der Waals surface area (Å²) >= 11 is 0. The lowest BCUT2D eigenvalue weighted by Gasteiger charge is -2.13. The molecule has 0 saturated carbocycles. The molecule has 1 amide bonds. The van der Waals surface area contributed by atoms with Crippen LogP contribution < -0.4 is 10.1 Å². The summed E-state index contributed by atoms with van der Waals surface area (Å²) in [5.41, 5.74) is 4.71. The number of H-pyrrole nitrogens is 1. The first-order valence-electron chi connectivity index (χ1n) is 9.92. The van der Waals surface area contributed by atoms with Crippen LogP contribution in [0.1, 0.15) is 53.8 Å². The molecule has 1 atom stereocenters. The van der Waals surface area contributed by atoms with Gasteiger partial charge in [-0.15, -0.1) is 0 Å². The third-order valence-corrected chi connectivity index (χ3v) is 5.18. The Bertz CT molecular complexity index is 946. The summed E-state index contributed by atoms with van der Waals surface area (Å²) in [5.74, 6) is 0.727. The predicted octanol–water partition coefficient (Wildman–Crippen LogP) is 4.67. The second-order valence-corrected chi connectivity index (χ2v) is 7.16. The molecule has 1 aliphatic carbocycles. The maximum atomic E-state index is 12.7. The molecule has 0 saturated heterocycles. The van der Waals surface area contributed by atoms with E-state index in [0.29, 0.717) is 5.69 Å². The summed E-state index contributed by atoms with van der Waals surface area (Å²) in [6.07, 6.45) is 4.10. The lowest BCUT2D eigenvalue weighted by molar-refractivity contribution is 0.0931. The first-order chi connectivity index (χ1) is 13.7. The van der Waals surface area contributed by atoms with Crippen molar-refractivity contribution in [2.45, 2.75) is 38.6 Å². The summed E-state index contributed by atoms with van der Waals surface area (Å²) in [6.45, 7) is 2.87. The largest absolute Gasteiger partial charge is 0.494 e. The molecule has 2 N–H and O–H groups in total. The first kappa shape index (κ1) is 18.3. The number of aromatic amines is 1. The Morgan fingerprint density at radius 3 is 2.86 bits per heavy atom. The average molecular weight is 375 g/mol. The van der Waals surface area contributed by atoms with E-state index >= 15 is 0 Å². The highest BCUT2D eigenvalue weighted by atomic mass is 16.5. The van der Waals surface area contributed by atoms with Crippen LogP contribution in [0.4, 0.5) is 0 Å². The van der Waals surface area contributed by atoms with Gasteiger partial charge in [0.1, 0.15) is 11.4 Å². The molecule has 1 unspecified atom stereocenters. The predicted molar refractivity (Wildman–Crippen MR) is 109 cm³/mol. The van der Waals surface area contributed by atoms with Crippen LogP contribution in [0.15, 0.2) is 54.6 Å². The van der Waals surface area contributed by atoms with Gasteiger partial charge in [0, 0.05) is 5.56 Å². The topological polar surface area (TPSA) is 67.0 Å². The maximum Gasteiger partial charge on any atom is 0.269 e. The maximum absolute atomic E-state index is 12.7. The van der Waals surface area contributed by atoms with Gasteiger partial charge in [0.25, 0.3) is 5.91 Å². The van der Waals surface area contributed by atoms with Gasteiger partial charge >= 0.3 is 0 Å². The fourth-order valence-corrected chi connectivity index (χ4v) is 3.59. The van der Waals surface area contributed by atoms with Crippen LogP contribution in [-0.4, -0.2) is 22.7 Å². The van der Waals surface area contributed by atoms with Gasteiger partial charge in [-0.1, -0.05) is 37.6 Å². The van der Waals surface area contributed by atoms with Crippen molar-refractivity contribution in [2.24, 2.45) is 0 Å². The Morgan fingerprint density at radius 2 is 2.04 bits per heavy atom. The molecule has 1 aromatic heterocycles. The molecule has 144 valence electrons. The van der Waals surface area contributed by atoms with Crippen LogP contribution in [-0.2, 0) is 6.42 Å². The van der Waals surface area contributed by atoms with Crippen LogP contribution in [0.3, 0.4) is 0 Å². The highest BCUT2D eigenvalue weighted by Crippen LogP contribution is 2.31. The van der Waals surface area contributed by atoms with Gasteiger partial charge in [-0.3, -0.25) is 9.89 Å². The van der Waals surface area contributed by atoms with Gasteiger partial charge in [-0.2, -0.15) is 5.10 Å². The minimum Gasteiger partial charge on any atom is -0.494 e. The standard InChI is InChI=1S/C23H25N3O2/c1-2-3-14-28-18-11-8-17(9-12-18)21-15-22(26-25-21)23(27)24-20-13-10-16-6-4-5-7-19(16)20/h4-9,11-12,15,20H,2-3,10,13-14H2,1H3,(H,24,27)(H,25,26). The SMILES string of the molecule is CCCCOc1ccc(-c2cc(C(=O)NC3CCc4ccccc43)[nH]n2)cc1. The number of nitrogens with one attached hydrogen (secondary N) is 2. The Labute approximate surface area is 165 Å². The second-order valence-electron chi connectivity index (χ2n) is 7.16. The van der Waals surface area contributed by atoms with Gasteiger partial charge in [-0.25, -0.2) is 0 Å². The number of nitrogens with zero attached hydrogens (tertiary/aromatic N) is 1. The van der Waals surface area contributed by atoms with Crippen molar-refractivity contribution in [1.29, 1.82) is 0 Å². The number of unbranched alkanes of at least 4 members (excludes halogenated alkanes) is 1. The van der Waals surface area contributed by atoms with E-state index in [-0.39, 0.29) is 11.9 Å². The Hall–Kier alpha value is -3.08. The monoisotopic (exact) mass is 375 g/mol. The molecule has 0 spiro atoms. The molecular weight excluding hydrogens is 350 g/mol. The molecule has 1 heterocycles. The van der Waals surface area contributed by atoms with Crippen molar-refractivity contribution < 1.29 is 9.53 Å². The van der Waals surface area contributed by atoms with E-state index in [2.05, 4.69) is 34.6 Å². The number of fused-ring (bicyclic) bond motifs is 1. The fraction of sp³-hybridized carbons (Fsp3) is 0.304. The van der Waals surface area contributed by atoms with Crippen LogP contribution in [0.5, 0.6) is 5.75 Å². The molecule has 5 heteroatoms. The average Bonchev–Trinajstić information content (AvgIpc) is 3.37. The van der Waals surface area contributed by atoms with Gasteiger partial charge in [0.15, 0.2) is 0 Å². The van der Waals surface area contributed by atoms with Crippen LogP contribution in [0, 0.1) is 0 Å². The number of aryl methyl sites for hydroxylation is 1. The summed E-state index contributed by atoms with van der Waals surface area (Å²) in [5, 5.41) is 10.3. The highest BCUT2D eigenvalue weighted by molar-refractivity contribution is 5.93. The number of carbonyl (C=O) groups excluding carboxylic acids is 1. The van der Waals surface area contributed by atoms with Crippen LogP contribution in [0.25, 0.3) is 11.3 Å². The lowest BCUT2D eigenvalue weighted by atomic mass is 10.1. The molecule has 1 aliphatic rings. The highest BCUT2D eigenvalue weighted by Gasteiger charge is 2.24. The second kappa shape index (κ2) is 8.30. The van der Waals surface area contributed by atoms with Crippen molar-refractivity contribution in [3.8, 4) is 17.0 Å². The van der Waals surface area contributed by atoms with E-state index < -0.39 is 0 Å². The van der Waals surface area contributed by atoms with E-state index in [1.165, 1.54) is 11.1 Å². The Morgan fingerprint density at radius 1 is 1.21 bits per heavy atom. The number of ether oxygens (including phenoxy) is 1. The van der Waals surface area contributed by atoms with Crippen molar-refractivity contribution in [3.05, 3.63) is 71.4 Å². The molecular formula is C23H25N3O2. The van der Waals surface area contributed by atoms with E-state index in [0.717, 1.165) is 49.3 Å². The van der Waals surface area contributed by atoms with Gasteiger partial charge in [0.2, 0.25) is 0 Å². The number of amides is 1.